The van der Waals surface area contributed by atoms with Gasteiger partial charge in [0.2, 0.25) is 5.82 Å². The van der Waals surface area contributed by atoms with Gasteiger partial charge >= 0.3 is 0 Å². The van der Waals surface area contributed by atoms with Gasteiger partial charge in [-0.1, -0.05) is 37.6 Å². The van der Waals surface area contributed by atoms with Crippen molar-refractivity contribution in [1.82, 2.24) is 20.2 Å². The molecule has 0 aliphatic carbocycles. The Balaban J connectivity index is 2.20. The van der Waals surface area contributed by atoms with Crippen molar-refractivity contribution >= 4 is 0 Å². The zero-order valence-electron chi connectivity index (χ0n) is 9.72. The fraction of sp³-hybridized carbons (Fsp3) is 0.417. The molecule has 0 bridgehead atoms. The van der Waals surface area contributed by atoms with Crippen LogP contribution < -0.4 is 0 Å². The first-order valence-electron chi connectivity index (χ1n) is 5.70. The van der Waals surface area contributed by atoms with Crippen LogP contribution in [0.3, 0.4) is 0 Å². The largest absolute Gasteiger partial charge is 0.204 e. The maximum Gasteiger partial charge on any atom is 0.204 e. The molecule has 0 N–H and O–H groups in total. The van der Waals surface area contributed by atoms with E-state index in [1.165, 1.54) is 12.0 Å². The summed E-state index contributed by atoms with van der Waals surface area (Å²) in [5.41, 5.74) is 2.38. The Morgan fingerprint density at radius 3 is 2.44 bits per heavy atom. The second-order valence-corrected chi connectivity index (χ2v) is 3.75. The van der Waals surface area contributed by atoms with Gasteiger partial charge < -0.3 is 0 Å². The van der Waals surface area contributed by atoms with E-state index < -0.39 is 0 Å². The maximum absolute atomic E-state index is 4.27. The number of hydrogen-bond acceptors (Lipinski definition) is 3. The van der Waals surface area contributed by atoms with E-state index in [0.717, 1.165) is 18.5 Å². The summed E-state index contributed by atoms with van der Waals surface area (Å²) in [6.45, 7) is 4.93. The van der Waals surface area contributed by atoms with Crippen molar-refractivity contribution in [3.63, 3.8) is 0 Å². The minimum absolute atomic E-state index is 0.699. The molecular formula is C12H16N4. The average Bonchev–Trinajstić information content (AvgIpc) is 2.79. The monoisotopic (exact) mass is 216 g/mol. The first-order valence-corrected chi connectivity index (χ1v) is 5.70. The van der Waals surface area contributed by atoms with Gasteiger partial charge in [-0.2, -0.15) is 4.80 Å². The molecule has 84 valence electrons. The summed E-state index contributed by atoms with van der Waals surface area (Å²) in [5, 5.41) is 12.2. The van der Waals surface area contributed by atoms with Gasteiger partial charge in [0, 0.05) is 5.56 Å². The lowest BCUT2D eigenvalue weighted by Crippen LogP contribution is -1.98. The van der Waals surface area contributed by atoms with Crippen LogP contribution in [0.15, 0.2) is 24.3 Å². The van der Waals surface area contributed by atoms with E-state index in [0.29, 0.717) is 5.82 Å². The lowest BCUT2D eigenvalue weighted by Gasteiger charge is -1.99. The number of hydrogen-bond donors (Lipinski definition) is 0. The summed E-state index contributed by atoms with van der Waals surface area (Å²) < 4.78 is 0. The van der Waals surface area contributed by atoms with Crippen molar-refractivity contribution in [1.29, 1.82) is 0 Å². The Bertz CT molecular complexity index is 444. The lowest BCUT2D eigenvalue weighted by molar-refractivity contribution is 0.553. The van der Waals surface area contributed by atoms with Gasteiger partial charge in [0.15, 0.2) is 0 Å². The molecule has 0 fully saturated rings. The minimum Gasteiger partial charge on any atom is -0.164 e. The quantitative estimate of drug-likeness (QED) is 0.787. The van der Waals surface area contributed by atoms with E-state index in [-0.39, 0.29) is 0 Å². The highest BCUT2D eigenvalue weighted by Gasteiger charge is 2.04. The van der Waals surface area contributed by atoms with Crippen LogP contribution in [0.2, 0.25) is 0 Å². The van der Waals surface area contributed by atoms with Crippen LogP contribution in [0.5, 0.6) is 0 Å². The van der Waals surface area contributed by atoms with E-state index >= 15 is 0 Å². The standard InChI is InChI=1S/C12H16N4/c1-3-5-10-6-8-11(9-7-10)12-13-15-16(4-2)14-12/h6-9H,3-5H2,1-2H3. The molecule has 0 saturated heterocycles. The highest BCUT2D eigenvalue weighted by molar-refractivity contribution is 5.54. The molecule has 0 spiro atoms. The molecule has 4 heteroatoms. The maximum atomic E-state index is 4.27. The Hall–Kier alpha value is -1.71. The number of aromatic nitrogens is 4. The first-order chi connectivity index (χ1) is 7.83. The SMILES string of the molecule is CCCc1ccc(-c2nnn(CC)n2)cc1. The van der Waals surface area contributed by atoms with E-state index in [1.54, 1.807) is 4.80 Å². The third-order valence-corrected chi connectivity index (χ3v) is 2.49. The van der Waals surface area contributed by atoms with Crippen molar-refractivity contribution in [2.24, 2.45) is 0 Å². The molecule has 0 atom stereocenters. The van der Waals surface area contributed by atoms with E-state index in [4.69, 9.17) is 0 Å². The topological polar surface area (TPSA) is 43.6 Å². The van der Waals surface area contributed by atoms with Gasteiger partial charge in [0.25, 0.3) is 0 Å². The number of rotatable bonds is 4. The third-order valence-electron chi connectivity index (χ3n) is 2.49. The van der Waals surface area contributed by atoms with E-state index in [1.807, 2.05) is 6.92 Å². The molecule has 16 heavy (non-hydrogen) atoms. The van der Waals surface area contributed by atoms with Gasteiger partial charge in [-0.15, -0.1) is 10.2 Å². The summed E-state index contributed by atoms with van der Waals surface area (Å²) >= 11 is 0. The summed E-state index contributed by atoms with van der Waals surface area (Å²) in [7, 11) is 0. The van der Waals surface area contributed by atoms with Gasteiger partial charge in [-0.25, -0.2) is 0 Å². The Morgan fingerprint density at radius 2 is 1.88 bits per heavy atom. The zero-order valence-corrected chi connectivity index (χ0v) is 9.72. The Morgan fingerprint density at radius 1 is 1.12 bits per heavy atom. The average molecular weight is 216 g/mol. The normalized spacial score (nSPS) is 10.6. The molecule has 0 saturated carbocycles. The predicted octanol–water partition coefficient (Wildman–Crippen LogP) is 2.31. The molecule has 0 aliphatic heterocycles. The Labute approximate surface area is 95.3 Å². The molecular weight excluding hydrogens is 200 g/mol. The molecule has 1 heterocycles. The Kier molecular flexibility index (Phi) is 3.29. The predicted molar refractivity (Wildman–Crippen MR) is 62.9 cm³/mol. The van der Waals surface area contributed by atoms with Gasteiger partial charge in [0.1, 0.15) is 0 Å². The van der Waals surface area contributed by atoms with Crippen LogP contribution in [0.1, 0.15) is 25.8 Å². The van der Waals surface area contributed by atoms with Gasteiger partial charge in [-0.05, 0) is 24.1 Å². The smallest absolute Gasteiger partial charge is 0.164 e. The molecule has 1 aromatic carbocycles. The van der Waals surface area contributed by atoms with Crippen molar-refractivity contribution < 1.29 is 0 Å². The van der Waals surface area contributed by atoms with Crippen LogP contribution >= 0.6 is 0 Å². The fourth-order valence-electron chi connectivity index (χ4n) is 1.60. The number of benzene rings is 1. The highest BCUT2D eigenvalue weighted by atomic mass is 15.6. The molecule has 1 aromatic heterocycles. The molecule has 2 rings (SSSR count). The van der Waals surface area contributed by atoms with Crippen LogP contribution in [-0.2, 0) is 13.0 Å². The summed E-state index contributed by atoms with van der Waals surface area (Å²) in [4.78, 5) is 1.59. The molecule has 2 aromatic rings. The number of nitrogens with zero attached hydrogens (tertiary/aromatic N) is 4. The molecule has 0 unspecified atom stereocenters. The number of tetrazole rings is 1. The summed E-state index contributed by atoms with van der Waals surface area (Å²) in [6, 6.07) is 8.38. The fourth-order valence-corrected chi connectivity index (χ4v) is 1.60. The van der Waals surface area contributed by atoms with Crippen molar-refractivity contribution in [3.05, 3.63) is 29.8 Å². The second-order valence-electron chi connectivity index (χ2n) is 3.75. The van der Waals surface area contributed by atoms with Crippen LogP contribution in [0.4, 0.5) is 0 Å². The van der Waals surface area contributed by atoms with Crippen LogP contribution in [0.25, 0.3) is 11.4 Å². The van der Waals surface area contributed by atoms with Gasteiger partial charge in [-0.3, -0.25) is 0 Å². The number of aryl methyl sites for hydroxylation is 2. The van der Waals surface area contributed by atoms with E-state index in [9.17, 15) is 0 Å². The van der Waals surface area contributed by atoms with Gasteiger partial charge in [0.05, 0.1) is 6.54 Å². The molecule has 0 radical (unpaired) electrons. The first kappa shape index (κ1) is 10.8. The zero-order chi connectivity index (χ0) is 11.4. The van der Waals surface area contributed by atoms with Crippen LogP contribution in [0, 0.1) is 0 Å². The van der Waals surface area contributed by atoms with Crippen molar-refractivity contribution in [3.8, 4) is 11.4 Å². The van der Waals surface area contributed by atoms with Crippen molar-refractivity contribution in [2.75, 3.05) is 0 Å². The molecule has 0 aliphatic rings. The summed E-state index contributed by atoms with van der Waals surface area (Å²) in [5.74, 6) is 0.699. The third kappa shape index (κ3) is 2.27. The highest BCUT2D eigenvalue weighted by Crippen LogP contribution is 2.15. The molecule has 0 amide bonds. The van der Waals surface area contributed by atoms with Crippen molar-refractivity contribution in [2.45, 2.75) is 33.2 Å². The van der Waals surface area contributed by atoms with E-state index in [2.05, 4.69) is 46.6 Å². The second kappa shape index (κ2) is 4.88. The summed E-state index contributed by atoms with van der Waals surface area (Å²) in [6.07, 6.45) is 2.29. The minimum atomic E-state index is 0.699. The molecule has 4 nitrogen and oxygen atoms in total. The van der Waals surface area contributed by atoms with Crippen LogP contribution in [-0.4, -0.2) is 20.2 Å². The lowest BCUT2D eigenvalue weighted by atomic mass is 10.1.